The summed E-state index contributed by atoms with van der Waals surface area (Å²) in [5.74, 6) is -1.41. The third-order valence-electron chi connectivity index (χ3n) is 4.54. The topological polar surface area (TPSA) is 41.3 Å². The third-order valence-corrected chi connectivity index (χ3v) is 4.85. The lowest BCUT2D eigenvalue weighted by molar-refractivity contribution is 0.198. The van der Waals surface area contributed by atoms with Gasteiger partial charge in [-0.25, -0.2) is 13.2 Å². The Morgan fingerprint density at radius 3 is 2.59 bits per heavy atom. The van der Waals surface area contributed by atoms with E-state index in [1.807, 2.05) is 13.0 Å². The SMILES string of the molecule is C=C(C)N(NC(=S)c1cc(F)ccc1F)C1CCCc2c(F)cccc21.CCN. The van der Waals surface area contributed by atoms with Gasteiger partial charge in [0.05, 0.1) is 6.04 Å². The van der Waals surface area contributed by atoms with Crippen molar-refractivity contribution in [3.8, 4) is 0 Å². The predicted molar refractivity (Wildman–Crippen MR) is 115 cm³/mol. The van der Waals surface area contributed by atoms with Crippen molar-refractivity contribution in [1.82, 2.24) is 10.4 Å². The molecular weight excluding hydrogens is 395 g/mol. The maximum atomic E-state index is 14.2. The van der Waals surface area contributed by atoms with Crippen LogP contribution in [0.25, 0.3) is 0 Å². The van der Waals surface area contributed by atoms with Gasteiger partial charge in [-0.2, -0.15) is 0 Å². The van der Waals surface area contributed by atoms with Crippen LogP contribution in [0, 0.1) is 17.5 Å². The van der Waals surface area contributed by atoms with Crippen LogP contribution in [0.3, 0.4) is 0 Å². The molecule has 1 aliphatic rings. The molecule has 1 aliphatic carbocycles. The second-order valence-electron chi connectivity index (χ2n) is 6.79. The van der Waals surface area contributed by atoms with Crippen molar-refractivity contribution in [3.05, 3.63) is 82.8 Å². The molecule has 3 N–H and O–H groups in total. The monoisotopic (exact) mass is 421 g/mol. The molecule has 156 valence electrons. The van der Waals surface area contributed by atoms with Gasteiger partial charge in [-0.3, -0.25) is 10.4 Å². The number of nitrogens with one attached hydrogen (secondary N) is 1. The van der Waals surface area contributed by atoms with Gasteiger partial charge >= 0.3 is 0 Å². The van der Waals surface area contributed by atoms with Gasteiger partial charge in [0.25, 0.3) is 0 Å². The predicted octanol–water partition coefficient (Wildman–Crippen LogP) is 5.16. The van der Waals surface area contributed by atoms with Crippen LogP contribution < -0.4 is 11.2 Å². The smallest absolute Gasteiger partial charge is 0.133 e. The van der Waals surface area contributed by atoms with Gasteiger partial charge in [0.15, 0.2) is 0 Å². The number of fused-ring (bicyclic) bond motifs is 1. The molecule has 2 aromatic rings. The van der Waals surface area contributed by atoms with E-state index in [2.05, 4.69) is 12.0 Å². The molecular formula is C22H26F3N3S. The highest BCUT2D eigenvalue weighted by Crippen LogP contribution is 2.36. The molecule has 3 nitrogen and oxygen atoms in total. The van der Waals surface area contributed by atoms with Crippen molar-refractivity contribution in [2.75, 3.05) is 6.54 Å². The Kier molecular flexibility index (Phi) is 8.22. The number of thiocarbonyl (C=S) groups is 1. The Bertz CT molecular complexity index is 886. The second kappa shape index (κ2) is 10.4. The van der Waals surface area contributed by atoms with Crippen LogP contribution in [0.15, 0.2) is 48.7 Å². The highest BCUT2D eigenvalue weighted by atomic mass is 32.1. The molecule has 0 saturated carbocycles. The quantitative estimate of drug-likeness (QED) is 0.528. The summed E-state index contributed by atoms with van der Waals surface area (Å²) in [5.41, 5.74) is 9.97. The van der Waals surface area contributed by atoms with E-state index >= 15 is 0 Å². The van der Waals surface area contributed by atoms with Crippen molar-refractivity contribution in [1.29, 1.82) is 0 Å². The van der Waals surface area contributed by atoms with E-state index in [1.165, 1.54) is 6.07 Å². The standard InChI is InChI=1S/C20H19F3N2S.C2H7N/c1-12(2)25(24-20(26)16-11-13(21)9-10-18(16)23)19-8-4-5-14-15(19)6-3-7-17(14)22;1-2-3/h3,6-7,9-11,19H,1,4-5,8H2,2H3,(H,24,26);2-3H2,1H3. The number of rotatable bonds is 4. The molecule has 2 aromatic carbocycles. The Morgan fingerprint density at radius 2 is 1.93 bits per heavy atom. The van der Waals surface area contributed by atoms with Gasteiger partial charge in [0.2, 0.25) is 0 Å². The molecule has 0 bridgehead atoms. The minimum atomic E-state index is -0.611. The fourth-order valence-electron chi connectivity index (χ4n) is 3.33. The molecule has 0 amide bonds. The first-order chi connectivity index (χ1) is 13.8. The first-order valence-electron chi connectivity index (χ1n) is 9.48. The van der Waals surface area contributed by atoms with Crippen LogP contribution in [0.5, 0.6) is 0 Å². The summed E-state index contributed by atoms with van der Waals surface area (Å²) in [6.45, 7) is 8.39. The van der Waals surface area contributed by atoms with Crippen LogP contribution in [-0.2, 0) is 6.42 Å². The van der Waals surface area contributed by atoms with Crippen LogP contribution in [0.2, 0.25) is 0 Å². The molecule has 7 heteroatoms. The molecule has 0 radical (unpaired) electrons. The summed E-state index contributed by atoms with van der Waals surface area (Å²) in [5, 5.41) is 1.71. The van der Waals surface area contributed by atoms with Gasteiger partial charge in [-0.05, 0) is 68.1 Å². The fourth-order valence-corrected chi connectivity index (χ4v) is 3.58. The highest BCUT2D eigenvalue weighted by molar-refractivity contribution is 7.80. The van der Waals surface area contributed by atoms with Crippen molar-refractivity contribution < 1.29 is 13.2 Å². The number of hydrogen-bond acceptors (Lipinski definition) is 3. The van der Waals surface area contributed by atoms with Gasteiger partial charge in [0.1, 0.15) is 22.4 Å². The van der Waals surface area contributed by atoms with Crippen LogP contribution in [0.1, 0.15) is 49.4 Å². The lowest BCUT2D eigenvalue weighted by Crippen LogP contribution is -2.44. The minimum absolute atomic E-state index is 0.0264. The van der Waals surface area contributed by atoms with E-state index in [4.69, 9.17) is 18.0 Å². The molecule has 0 heterocycles. The second-order valence-corrected chi connectivity index (χ2v) is 7.20. The maximum absolute atomic E-state index is 14.2. The summed E-state index contributed by atoms with van der Waals surface area (Å²) in [6, 6.07) is 7.94. The summed E-state index contributed by atoms with van der Waals surface area (Å²) >= 11 is 5.28. The van der Waals surface area contributed by atoms with E-state index in [0.29, 0.717) is 17.7 Å². The third kappa shape index (κ3) is 5.58. The highest BCUT2D eigenvalue weighted by Gasteiger charge is 2.28. The van der Waals surface area contributed by atoms with Crippen LogP contribution in [0.4, 0.5) is 13.2 Å². The first kappa shape index (κ1) is 22.9. The van der Waals surface area contributed by atoms with E-state index in [-0.39, 0.29) is 22.4 Å². The van der Waals surface area contributed by atoms with Crippen molar-refractivity contribution in [2.24, 2.45) is 5.73 Å². The Hall–Kier alpha value is -2.38. The summed E-state index contributed by atoms with van der Waals surface area (Å²) in [6.07, 6.45) is 2.25. The number of nitrogens with two attached hydrogens (primary N) is 1. The molecule has 0 aliphatic heterocycles. The van der Waals surface area contributed by atoms with Crippen molar-refractivity contribution >= 4 is 17.2 Å². The van der Waals surface area contributed by atoms with Gasteiger partial charge in [0, 0.05) is 11.3 Å². The molecule has 1 unspecified atom stereocenters. The van der Waals surface area contributed by atoms with Gasteiger partial charge in [-0.15, -0.1) is 0 Å². The summed E-state index contributed by atoms with van der Waals surface area (Å²) < 4.78 is 41.6. The average Bonchev–Trinajstić information content (AvgIpc) is 2.68. The number of hydrazine groups is 1. The first-order valence-corrected chi connectivity index (χ1v) is 9.89. The number of nitrogens with zero attached hydrogens (tertiary/aromatic N) is 1. The van der Waals surface area contributed by atoms with E-state index in [9.17, 15) is 13.2 Å². The Labute approximate surface area is 175 Å². The molecule has 0 fully saturated rings. The zero-order chi connectivity index (χ0) is 21.6. The van der Waals surface area contributed by atoms with Gasteiger partial charge in [-0.1, -0.05) is 37.9 Å². The number of hydrogen-bond donors (Lipinski definition) is 2. The number of halogens is 3. The number of benzene rings is 2. The normalized spacial score (nSPS) is 14.9. The molecule has 0 saturated heterocycles. The largest absolute Gasteiger partial charge is 0.331 e. The molecule has 29 heavy (non-hydrogen) atoms. The Morgan fingerprint density at radius 1 is 1.24 bits per heavy atom. The van der Waals surface area contributed by atoms with Crippen molar-refractivity contribution in [3.63, 3.8) is 0 Å². The summed E-state index contributed by atoms with van der Waals surface area (Å²) in [4.78, 5) is 0.0496. The van der Waals surface area contributed by atoms with E-state index in [0.717, 1.165) is 43.1 Å². The Balaban J connectivity index is 0.000000941. The lowest BCUT2D eigenvalue weighted by Gasteiger charge is -2.38. The molecule has 0 aromatic heterocycles. The maximum Gasteiger partial charge on any atom is 0.133 e. The molecule has 0 spiro atoms. The molecule has 3 rings (SSSR count). The summed E-state index contributed by atoms with van der Waals surface area (Å²) in [7, 11) is 0. The van der Waals surface area contributed by atoms with Gasteiger partial charge < -0.3 is 5.73 Å². The average molecular weight is 422 g/mol. The zero-order valence-corrected chi connectivity index (χ0v) is 17.5. The lowest BCUT2D eigenvalue weighted by atomic mass is 9.87. The van der Waals surface area contributed by atoms with Crippen molar-refractivity contribution in [2.45, 2.75) is 39.2 Å². The number of allylic oxidation sites excluding steroid dienone is 1. The fraction of sp³-hybridized carbons (Fsp3) is 0.318. The van der Waals surface area contributed by atoms with E-state index in [1.54, 1.807) is 18.0 Å². The van der Waals surface area contributed by atoms with E-state index < -0.39 is 11.6 Å². The van der Waals surface area contributed by atoms with Crippen LogP contribution >= 0.6 is 12.2 Å². The molecule has 1 atom stereocenters. The minimum Gasteiger partial charge on any atom is -0.331 e. The van der Waals surface area contributed by atoms with Crippen LogP contribution in [-0.4, -0.2) is 16.5 Å². The zero-order valence-electron chi connectivity index (χ0n) is 16.6.